The Balaban J connectivity index is 0.000000354. The molecule has 3 nitrogen and oxygen atoms in total. The largest absolute Gasteiger partial charge is 0.753 e. The van der Waals surface area contributed by atoms with Gasteiger partial charge in [0, 0.05) is 6.07 Å². The van der Waals surface area contributed by atoms with E-state index in [0.717, 1.165) is 5.56 Å². The van der Waals surface area contributed by atoms with Crippen LogP contribution in [-0.4, -0.2) is 10.1 Å². The van der Waals surface area contributed by atoms with Crippen molar-refractivity contribution in [2.24, 2.45) is 5.73 Å². The molecular formula is C7H7N3S2. The van der Waals surface area contributed by atoms with E-state index in [9.17, 15) is 0 Å². The number of hydrogen-bond acceptors (Lipinski definition) is 2. The van der Waals surface area contributed by atoms with Gasteiger partial charge in [-0.2, -0.15) is 5.16 Å². The number of isothiocyanates is 1. The van der Waals surface area contributed by atoms with Crippen LogP contribution in [0.25, 0.3) is 5.41 Å². The van der Waals surface area contributed by atoms with Crippen LogP contribution in [0.4, 0.5) is 0 Å². The molecule has 12 heavy (non-hydrogen) atoms. The Labute approximate surface area is 81.1 Å². The molecule has 3 N–H and O–H groups in total. The van der Waals surface area contributed by atoms with Crippen LogP contribution in [-0.2, 0) is 0 Å². The number of hydrogen-bond donors (Lipinski definition) is 1. The van der Waals surface area contributed by atoms with Crippen LogP contribution >= 0.6 is 24.4 Å². The highest BCUT2D eigenvalue weighted by atomic mass is 32.1. The summed E-state index contributed by atoms with van der Waals surface area (Å²) in [6.45, 7) is 0. The van der Waals surface area contributed by atoms with Gasteiger partial charge in [-0.1, -0.05) is 24.4 Å². The van der Waals surface area contributed by atoms with Crippen LogP contribution in [0.3, 0.4) is 0 Å². The first-order valence-electron chi connectivity index (χ1n) is 2.99. The third kappa shape index (κ3) is 4.62. The molecule has 1 rings (SSSR count). The van der Waals surface area contributed by atoms with Crippen molar-refractivity contribution in [2.75, 3.05) is 0 Å². The maximum absolute atomic E-state index is 7.13. The summed E-state index contributed by atoms with van der Waals surface area (Å²) in [5.74, 6) is 0. The molecule has 1 aromatic heterocycles. The summed E-state index contributed by atoms with van der Waals surface area (Å²) >= 11 is 8.42. The molecule has 1 aromatic rings. The first-order chi connectivity index (χ1) is 5.72. The fourth-order valence-corrected chi connectivity index (χ4v) is 0.674. The Morgan fingerprint density at radius 2 is 2.25 bits per heavy atom. The summed E-state index contributed by atoms with van der Waals surface area (Å²) in [6.07, 6.45) is 3.57. The number of pyridine rings is 1. The molecule has 0 spiro atoms. The monoisotopic (exact) mass is 197 g/mol. The molecule has 0 saturated carbocycles. The van der Waals surface area contributed by atoms with Gasteiger partial charge in [-0.05, 0) is 6.07 Å². The van der Waals surface area contributed by atoms with Gasteiger partial charge in [0.05, 0.1) is 5.56 Å². The highest BCUT2D eigenvalue weighted by Crippen LogP contribution is 1.90. The van der Waals surface area contributed by atoms with Gasteiger partial charge in [0.2, 0.25) is 0 Å². The van der Waals surface area contributed by atoms with E-state index < -0.39 is 0 Å². The molecule has 1 heterocycles. The number of rotatable bonds is 1. The summed E-state index contributed by atoms with van der Waals surface area (Å²) < 4.78 is 0. The fraction of sp³-hybridized carbons (Fsp3) is 0. The van der Waals surface area contributed by atoms with Crippen molar-refractivity contribution in [3.63, 3.8) is 0 Å². The molecule has 0 aliphatic heterocycles. The summed E-state index contributed by atoms with van der Waals surface area (Å²) in [6, 6.07) is 3.72. The molecule has 0 aliphatic rings. The van der Waals surface area contributed by atoms with Gasteiger partial charge in [-0.25, -0.2) is 4.98 Å². The molecule has 0 aromatic carbocycles. The molecule has 62 valence electrons. The topological polar surface area (TPSA) is 62.5 Å². The van der Waals surface area contributed by atoms with Crippen LogP contribution in [0.2, 0.25) is 0 Å². The predicted octanol–water partition coefficient (Wildman–Crippen LogP) is 0.794. The predicted molar refractivity (Wildman–Crippen MR) is 54.8 cm³/mol. The fourth-order valence-electron chi connectivity index (χ4n) is 0.547. The van der Waals surface area contributed by atoms with Crippen LogP contribution in [0.1, 0.15) is 5.56 Å². The summed E-state index contributed by atoms with van der Waals surface area (Å²) in [4.78, 5) is 3.30. The molecule has 0 amide bonds. The number of H-pyrrole nitrogens is 1. The number of aromatic nitrogens is 1. The van der Waals surface area contributed by atoms with Crippen LogP contribution in [0, 0.1) is 0 Å². The zero-order valence-corrected chi connectivity index (χ0v) is 7.78. The molecule has 0 saturated heterocycles. The molecule has 0 aliphatic carbocycles. The second kappa shape index (κ2) is 6.54. The molecule has 0 radical (unpaired) electrons. The van der Waals surface area contributed by atoms with E-state index in [1.165, 1.54) is 5.16 Å². The van der Waals surface area contributed by atoms with E-state index in [0.29, 0.717) is 4.99 Å². The smallest absolute Gasteiger partial charge is 0.177 e. The normalized spacial score (nSPS) is 7.33. The van der Waals surface area contributed by atoms with Gasteiger partial charge in [0.1, 0.15) is 4.99 Å². The Kier molecular flexibility index (Phi) is 5.91. The highest BCUT2D eigenvalue weighted by molar-refractivity contribution is 7.80. The van der Waals surface area contributed by atoms with Crippen LogP contribution < -0.4 is 10.7 Å². The minimum atomic E-state index is 0.423. The highest BCUT2D eigenvalue weighted by Gasteiger charge is 1.94. The zero-order valence-electron chi connectivity index (χ0n) is 6.15. The number of nitrogens with two attached hydrogens (primary N) is 1. The Hall–Kier alpha value is -1.16. The second-order valence-electron chi connectivity index (χ2n) is 1.75. The van der Waals surface area contributed by atoms with E-state index in [2.05, 4.69) is 17.2 Å². The van der Waals surface area contributed by atoms with Crippen molar-refractivity contribution in [3.05, 3.63) is 35.5 Å². The van der Waals surface area contributed by atoms with Crippen molar-refractivity contribution in [1.82, 2.24) is 0 Å². The summed E-state index contributed by atoms with van der Waals surface area (Å²) in [5, 5.41) is 8.47. The first kappa shape index (κ1) is 10.8. The van der Waals surface area contributed by atoms with E-state index in [1.54, 1.807) is 6.20 Å². The van der Waals surface area contributed by atoms with Gasteiger partial charge in [0.15, 0.2) is 12.4 Å². The Bertz CT molecular complexity index is 278. The quantitative estimate of drug-likeness (QED) is 0.535. The third-order valence-corrected chi connectivity index (χ3v) is 1.23. The number of aromatic amines is 1. The number of thiocarbonyl (C=S) groups is 2. The van der Waals surface area contributed by atoms with Gasteiger partial charge < -0.3 is 11.1 Å². The van der Waals surface area contributed by atoms with Crippen molar-refractivity contribution in [3.8, 4) is 0 Å². The van der Waals surface area contributed by atoms with Crippen molar-refractivity contribution >= 4 is 34.6 Å². The third-order valence-electron chi connectivity index (χ3n) is 0.992. The summed E-state index contributed by atoms with van der Waals surface area (Å²) in [7, 11) is 0. The molecular weight excluding hydrogens is 190 g/mol. The Morgan fingerprint density at radius 3 is 2.50 bits per heavy atom. The average molecular weight is 197 g/mol. The van der Waals surface area contributed by atoms with E-state index in [4.69, 9.17) is 23.4 Å². The number of nitrogens with zero attached hydrogens (tertiary/aromatic N) is 1. The van der Waals surface area contributed by atoms with Crippen LogP contribution in [0.15, 0.2) is 24.5 Å². The van der Waals surface area contributed by atoms with Crippen molar-refractivity contribution in [1.29, 1.82) is 0 Å². The molecule has 0 fully saturated rings. The van der Waals surface area contributed by atoms with Gasteiger partial charge in [0.25, 0.3) is 0 Å². The minimum Gasteiger partial charge on any atom is -0.753 e. The minimum absolute atomic E-state index is 0.423. The van der Waals surface area contributed by atoms with Gasteiger partial charge in [-0.15, -0.1) is 0 Å². The average Bonchev–Trinajstić information content (AvgIpc) is 2.07. The maximum atomic E-state index is 7.13. The maximum Gasteiger partial charge on any atom is 0.177 e. The lowest BCUT2D eigenvalue weighted by Gasteiger charge is -1.88. The van der Waals surface area contributed by atoms with E-state index >= 15 is 0 Å². The standard InChI is InChI=1S/C6H6N2S.CNS/c7-6(9)5-2-1-3-8-4-5;2-1-3/h1-4H,(H2,7,9);/q;-1/p+1. The second-order valence-corrected chi connectivity index (χ2v) is 2.37. The molecule has 0 bridgehead atoms. The lowest BCUT2D eigenvalue weighted by molar-refractivity contribution is -0.378. The van der Waals surface area contributed by atoms with Crippen LogP contribution in [0.5, 0.6) is 0 Å². The zero-order chi connectivity index (χ0) is 9.40. The first-order valence-corrected chi connectivity index (χ1v) is 3.81. The van der Waals surface area contributed by atoms with Gasteiger partial charge in [-0.3, -0.25) is 0 Å². The summed E-state index contributed by atoms with van der Waals surface area (Å²) in [5.41, 5.74) is 6.19. The number of nitrogens with one attached hydrogen (secondary N) is 1. The lowest BCUT2D eigenvalue weighted by Crippen LogP contribution is -2.12. The molecule has 0 atom stereocenters. The lowest BCUT2D eigenvalue weighted by atomic mass is 10.3. The van der Waals surface area contributed by atoms with Crippen molar-refractivity contribution in [2.45, 2.75) is 0 Å². The van der Waals surface area contributed by atoms with Crippen molar-refractivity contribution < 1.29 is 4.98 Å². The Morgan fingerprint density at radius 1 is 1.67 bits per heavy atom. The molecule has 0 unspecified atom stereocenters. The van der Waals surface area contributed by atoms with Gasteiger partial charge >= 0.3 is 0 Å². The SMILES string of the molecule is NC(=S)c1ccc[nH+]c1.[N-]=C=S. The van der Waals surface area contributed by atoms with E-state index in [1.807, 2.05) is 18.3 Å². The van der Waals surface area contributed by atoms with E-state index in [-0.39, 0.29) is 0 Å². The molecule has 5 heteroatoms.